The summed E-state index contributed by atoms with van der Waals surface area (Å²) >= 11 is 0. The van der Waals surface area contributed by atoms with E-state index in [1.165, 1.54) is 14.2 Å². The fourth-order valence-electron chi connectivity index (χ4n) is 4.42. The first-order valence-electron chi connectivity index (χ1n) is 10.8. The lowest BCUT2D eigenvalue weighted by Gasteiger charge is -2.20. The summed E-state index contributed by atoms with van der Waals surface area (Å²) in [6.45, 7) is 1.99. The van der Waals surface area contributed by atoms with Crippen LogP contribution in [0, 0.1) is 0 Å². The average Bonchev–Trinajstić information content (AvgIpc) is 2.85. The Bertz CT molecular complexity index is 1420. The summed E-state index contributed by atoms with van der Waals surface area (Å²) in [4.78, 5) is 38.0. The minimum absolute atomic E-state index is 0.0527. The topological polar surface area (TPSA) is 143 Å². The molecule has 4 N–H and O–H groups in total. The van der Waals surface area contributed by atoms with E-state index in [2.05, 4.69) is 15.0 Å². The first-order chi connectivity index (χ1) is 16.4. The van der Waals surface area contributed by atoms with Crippen molar-refractivity contribution in [1.29, 1.82) is 0 Å². The van der Waals surface area contributed by atoms with Crippen molar-refractivity contribution in [3.05, 3.63) is 64.8 Å². The van der Waals surface area contributed by atoms with Gasteiger partial charge in [-0.3, -0.25) is 4.79 Å². The van der Waals surface area contributed by atoms with E-state index in [0.29, 0.717) is 34.8 Å². The highest BCUT2D eigenvalue weighted by Gasteiger charge is 2.27. The largest absolute Gasteiger partial charge is 0.469 e. The van der Waals surface area contributed by atoms with Crippen molar-refractivity contribution >= 4 is 45.5 Å². The lowest BCUT2D eigenvalue weighted by Crippen LogP contribution is -2.19. The van der Waals surface area contributed by atoms with E-state index >= 15 is 0 Å². The molecule has 2 aromatic carbocycles. The molecule has 4 rings (SSSR count). The van der Waals surface area contributed by atoms with Gasteiger partial charge in [0.05, 0.1) is 31.1 Å². The average molecular weight is 460 g/mol. The Hall–Kier alpha value is -4.27. The van der Waals surface area contributed by atoms with Crippen LogP contribution in [0.25, 0.3) is 21.8 Å². The predicted molar refractivity (Wildman–Crippen MR) is 129 cm³/mol. The summed E-state index contributed by atoms with van der Waals surface area (Å²) < 4.78 is 10.1. The molecule has 0 saturated heterocycles. The van der Waals surface area contributed by atoms with E-state index in [9.17, 15) is 9.59 Å². The number of hydrogen-bond donors (Lipinski definition) is 2. The maximum Gasteiger partial charge on any atom is 0.338 e. The molecule has 0 radical (unpaired) electrons. The summed E-state index contributed by atoms with van der Waals surface area (Å²) in [5.41, 5.74) is 15.2. The predicted octanol–water partition coefficient (Wildman–Crippen LogP) is 3.19. The summed E-state index contributed by atoms with van der Waals surface area (Å²) in [6.07, 6.45) is 2.62. The van der Waals surface area contributed by atoms with Gasteiger partial charge in [-0.05, 0) is 46.4 Å². The Kier molecular flexibility index (Phi) is 6.27. The minimum Gasteiger partial charge on any atom is -0.469 e. The van der Waals surface area contributed by atoms with Crippen LogP contribution in [0.3, 0.4) is 0 Å². The van der Waals surface area contributed by atoms with Gasteiger partial charge in [-0.1, -0.05) is 37.3 Å². The Morgan fingerprint density at radius 2 is 1.74 bits per heavy atom. The van der Waals surface area contributed by atoms with Gasteiger partial charge in [0, 0.05) is 6.20 Å². The first kappa shape index (κ1) is 22.9. The number of carbonyl (C=O) groups is 2. The molecule has 0 spiro atoms. The SMILES string of the molecule is CCc1c(CC(C(=O)OC)c2ccc(C(=O)OC)c3ccccc23)cnc2nc(N)nc(N)c12. The van der Waals surface area contributed by atoms with Crippen LogP contribution in [0.15, 0.2) is 42.6 Å². The van der Waals surface area contributed by atoms with E-state index in [4.69, 9.17) is 20.9 Å². The number of nitrogens with two attached hydrogens (primary N) is 2. The zero-order valence-corrected chi connectivity index (χ0v) is 19.2. The van der Waals surface area contributed by atoms with Crippen molar-refractivity contribution in [3.63, 3.8) is 0 Å². The second-order valence-electron chi connectivity index (χ2n) is 7.80. The van der Waals surface area contributed by atoms with Crippen molar-refractivity contribution in [2.24, 2.45) is 0 Å². The van der Waals surface area contributed by atoms with E-state index in [-0.39, 0.29) is 11.8 Å². The molecule has 0 aliphatic rings. The van der Waals surface area contributed by atoms with Gasteiger partial charge in [0.1, 0.15) is 5.82 Å². The molecule has 4 aromatic rings. The first-order valence-corrected chi connectivity index (χ1v) is 10.8. The molecule has 2 heterocycles. The fourth-order valence-corrected chi connectivity index (χ4v) is 4.42. The highest BCUT2D eigenvalue weighted by molar-refractivity contribution is 6.06. The Morgan fingerprint density at radius 3 is 2.41 bits per heavy atom. The van der Waals surface area contributed by atoms with Crippen LogP contribution in [0.1, 0.15) is 39.9 Å². The Morgan fingerprint density at radius 1 is 1.00 bits per heavy atom. The summed E-state index contributed by atoms with van der Waals surface area (Å²) in [5.74, 6) is -1.20. The monoisotopic (exact) mass is 459 g/mol. The molecule has 1 unspecified atom stereocenters. The number of methoxy groups -OCH3 is 2. The van der Waals surface area contributed by atoms with Crippen LogP contribution in [0.4, 0.5) is 11.8 Å². The highest BCUT2D eigenvalue weighted by atomic mass is 16.5. The Balaban J connectivity index is 1.89. The van der Waals surface area contributed by atoms with Crippen molar-refractivity contribution in [3.8, 4) is 0 Å². The number of ether oxygens (including phenoxy) is 2. The van der Waals surface area contributed by atoms with Crippen molar-refractivity contribution < 1.29 is 19.1 Å². The molecule has 2 aromatic heterocycles. The normalized spacial score (nSPS) is 12.0. The van der Waals surface area contributed by atoms with Crippen molar-refractivity contribution in [2.45, 2.75) is 25.7 Å². The zero-order chi connectivity index (χ0) is 24.4. The number of esters is 2. The van der Waals surface area contributed by atoms with Gasteiger partial charge in [0.2, 0.25) is 5.95 Å². The number of carbonyl (C=O) groups excluding carboxylic acids is 2. The van der Waals surface area contributed by atoms with E-state index in [0.717, 1.165) is 22.1 Å². The number of nitrogens with zero attached hydrogens (tertiary/aromatic N) is 3. The maximum absolute atomic E-state index is 13.0. The third-order valence-electron chi connectivity index (χ3n) is 5.97. The van der Waals surface area contributed by atoms with E-state index in [1.807, 2.05) is 31.2 Å². The lowest BCUT2D eigenvalue weighted by atomic mass is 9.85. The zero-order valence-electron chi connectivity index (χ0n) is 19.2. The van der Waals surface area contributed by atoms with E-state index < -0.39 is 17.9 Å². The standard InChI is InChI=1S/C25H25N5O4/c1-4-14-13(12-28-22-20(14)21(26)29-25(27)30-22)11-19(24(32)34-3)17-9-10-18(23(31)33-2)16-8-6-5-7-15(16)17/h5-10,12,19H,4,11H2,1-3H3,(H4,26,27,28,29,30). The van der Waals surface area contributed by atoms with Crippen LogP contribution >= 0.6 is 0 Å². The van der Waals surface area contributed by atoms with Crippen molar-refractivity contribution in [2.75, 3.05) is 25.7 Å². The summed E-state index contributed by atoms with van der Waals surface area (Å²) in [6, 6.07) is 10.8. The quantitative estimate of drug-likeness (QED) is 0.415. The van der Waals surface area contributed by atoms with Crippen LogP contribution in [-0.4, -0.2) is 41.1 Å². The molecular formula is C25H25N5O4. The van der Waals surface area contributed by atoms with Gasteiger partial charge in [0.25, 0.3) is 0 Å². The second-order valence-corrected chi connectivity index (χ2v) is 7.80. The molecule has 9 nitrogen and oxygen atoms in total. The van der Waals surface area contributed by atoms with Crippen LogP contribution in [0.5, 0.6) is 0 Å². The van der Waals surface area contributed by atoms with Gasteiger partial charge in [0.15, 0.2) is 5.65 Å². The smallest absolute Gasteiger partial charge is 0.338 e. The molecule has 9 heteroatoms. The number of nitrogen functional groups attached to an aromatic ring is 2. The molecule has 34 heavy (non-hydrogen) atoms. The third-order valence-corrected chi connectivity index (χ3v) is 5.97. The molecule has 1 atom stereocenters. The lowest BCUT2D eigenvalue weighted by molar-refractivity contribution is -0.142. The maximum atomic E-state index is 13.0. The molecule has 174 valence electrons. The number of fused-ring (bicyclic) bond motifs is 2. The molecule has 0 amide bonds. The van der Waals surface area contributed by atoms with Crippen LogP contribution in [-0.2, 0) is 27.1 Å². The van der Waals surface area contributed by atoms with Gasteiger partial charge >= 0.3 is 11.9 Å². The number of benzene rings is 2. The number of rotatable bonds is 6. The number of pyridine rings is 1. The number of aromatic nitrogens is 3. The molecule has 0 saturated carbocycles. The molecule has 0 aliphatic heterocycles. The number of aryl methyl sites for hydroxylation is 1. The van der Waals surface area contributed by atoms with Gasteiger partial charge in [-0.25, -0.2) is 9.78 Å². The van der Waals surface area contributed by atoms with Gasteiger partial charge in [-0.15, -0.1) is 0 Å². The molecular weight excluding hydrogens is 434 g/mol. The number of anilines is 2. The second kappa shape index (κ2) is 9.30. The van der Waals surface area contributed by atoms with Gasteiger partial charge < -0.3 is 20.9 Å². The van der Waals surface area contributed by atoms with Crippen LogP contribution in [0.2, 0.25) is 0 Å². The van der Waals surface area contributed by atoms with Crippen LogP contribution < -0.4 is 11.5 Å². The third kappa shape index (κ3) is 3.96. The molecule has 0 fully saturated rings. The highest BCUT2D eigenvalue weighted by Crippen LogP contribution is 2.34. The van der Waals surface area contributed by atoms with Crippen molar-refractivity contribution in [1.82, 2.24) is 15.0 Å². The molecule has 0 aliphatic carbocycles. The fraction of sp³-hybridized carbons (Fsp3) is 0.240. The van der Waals surface area contributed by atoms with E-state index in [1.54, 1.807) is 18.3 Å². The Labute approximate surface area is 196 Å². The summed E-state index contributed by atoms with van der Waals surface area (Å²) in [7, 11) is 2.69. The minimum atomic E-state index is -0.651. The number of hydrogen-bond acceptors (Lipinski definition) is 9. The van der Waals surface area contributed by atoms with Gasteiger partial charge in [-0.2, -0.15) is 9.97 Å². The molecule has 0 bridgehead atoms. The summed E-state index contributed by atoms with van der Waals surface area (Å²) in [5, 5.41) is 2.09.